The number of aromatic carboxylic acids is 1. The number of rotatable bonds is 6. The predicted octanol–water partition coefficient (Wildman–Crippen LogP) is 5.61. The standard InChI is InChI=1S/C23H16ClNO5/c24-14-6-8-15(9-7-14)30-18-11-10-16-21(20(18)13-4-2-1-3-5-13)22(23(28)29)17(25-16)12-19(26)27/h1-11,25H,12H2,(H,26,27)(H,28,29). The molecule has 30 heavy (non-hydrogen) atoms. The number of aromatic nitrogens is 1. The van der Waals surface area contributed by atoms with Gasteiger partial charge in [0.2, 0.25) is 0 Å². The first-order valence-electron chi connectivity index (χ1n) is 9.05. The van der Waals surface area contributed by atoms with Crippen LogP contribution in [0.3, 0.4) is 0 Å². The summed E-state index contributed by atoms with van der Waals surface area (Å²) < 4.78 is 6.07. The Hall–Kier alpha value is -3.77. The molecule has 4 rings (SSSR count). The van der Waals surface area contributed by atoms with Gasteiger partial charge in [-0.1, -0.05) is 41.9 Å². The number of H-pyrrole nitrogens is 1. The largest absolute Gasteiger partial charge is 0.481 e. The van der Waals surface area contributed by atoms with Crippen LogP contribution in [0.5, 0.6) is 11.5 Å². The molecule has 7 heteroatoms. The lowest BCUT2D eigenvalue weighted by molar-refractivity contribution is -0.136. The summed E-state index contributed by atoms with van der Waals surface area (Å²) in [5.41, 5.74) is 1.88. The second-order valence-corrected chi connectivity index (χ2v) is 7.07. The molecule has 0 unspecified atom stereocenters. The zero-order valence-corrected chi connectivity index (χ0v) is 16.3. The summed E-state index contributed by atoms with van der Waals surface area (Å²) in [5.74, 6) is -1.35. The van der Waals surface area contributed by atoms with Crippen molar-refractivity contribution in [2.24, 2.45) is 0 Å². The van der Waals surface area contributed by atoms with E-state index in [-0.39, 0.29) is 11.3 Å². The molecule has 0 amide bonds. The fraction of sp³-hybridized carbons (Fsp3) is 0.0435. The summed E-state index contributed by atoms with van der Waals surface area (Å²) in [6, 6.07) is 19.5. The van der Waals surface area contributed by atoms with Crippen LogP contribution in [0, 0.1) is 0 Å². The number of hydrogen-bond acceptors (Lipinski definition) is 3. The van der Waals surface area contributed by atoms with E-state index in [9.17, 15) is 19.8 Å². The highest BCUT2D eigenvalue weighted by molar-refractivity contribution is 6.30. The molecule has 3 N–H and O–H groups in total. The maximum absolute atomic E-state index is 12.1. The van der Waals surface area contributed by atoms with Crippen LogP contribution >= 0.6 is 11.6 Å². The lowest BCUT2D eigenvalue weighted by Crippen LogP contribution is -2.07. The molecule has 0 spiro atoms. The van der Waals surface area contributed by atoms with Crippen molar-refractivity contribution in [2.75, 3.05) is 0 Å². The minimum Gasteiger partial charge on any atom is -0.481 e. The number of carboxylic acid groups (broad SMARTS) is 2. The van der Waals surface area contributed by atoms with Gasteiger partial charge in [0.05, 0.1) is 12.0 Å². The van der Waals surface area contributed by atoms with Crippen LogP contribution < -0.4 is 4.74 Å². The van der Waals surface area contributed by atoms with Gasteiger partial charge in [-0.15, -0.1) is 0 Å². The Labute approximate surface area is 176 Å². The molecular formula is C23H16ClNO5. The number of nitrogens with one attached hydrogen (secondary N) is 1. The van der Waals surface area contributed by atoms with Gasteiger partial charge in [0, 0.05) is 27.2 Å². The summed E-state index contributed by atoms with van der Waals surface area (Å²) in [4.78, 5) is 26.3. The van der Waals surface area contributed by atoms with E-state index in [1.165, 1.54) is 0 Å². The first-order chi connectivity index (χ1) is 14.4. The zero-order chi connectivity index (χ0) is 21.3. The molecular weight excluding hydrogens is 406 g/mol. The van der Waals surface area contributed by atoms with Crippen molar-refractivity contribution >= 4 is 34.4 Å². The van der Waals surface area contributed by atoms with Gasteiger partial charge < -0.3 is 19.9 Å². The number of fused-ring (bicyclic) bond motifs is 1. The lowest BCUT2D eigenvalue weighted by atomic mass is 9.96. The van der Waals surface area contributed by atoms with Gasteiger partial charge in [-0.2, -0.15) is 0 Å². The van der Waals surface area contributed by atoms with Crippen molar-refractivity contribution in [3.8, 4) is 22.6 Å². The molecule has 0 aliphatic heterocycles. The zero-order valence-electron chi connectivity index (χ0n) is 15.6. The van der Waals surface area contributed by atoms with Gasteiger partial charge in [-0.25, -0.2) is 4.79 Å². The third-order valence-corrected chi connectivity index (χ3v) is 4.90. The van der Waals surface area contributed by atoms with Crippen LogP contribution in [0.2, 0.25) is 5.02 Å². The summed E-state index contributed by atoms with van der Waals surface area (Å²) >= 11 is 5.95. The molecule has 0 saturated carbocycles. The smallest absolute Gasteiger partial charge is 0.338 e. The van der Waals surface area contributed by atoms with Crippen molar-refractivity contribution in [2.45, 2.75) is 6.42 Å². The number of halogens is 1. The second-order valence-electron chi connectivity index (χ2n) is 6.64. The highest BCUT2D eigenvalue weighted by atomic mass is 35.5. The normalized spacial score (nSPS) is 10.8. The number of hydrogen-bond donors (Lipinski definition) is 3. The molecule has 0 atom stereocenters. The average Bonchev–Trinajstić information content (AvgIpc) is 3.07. The monoisotopic (exact) mass is 421 g/mol. The summed E-state index contributed by atoms with van der Waals surface area (Å²) in [6.45, 7) is 0. The van der Waals surface area contributed by atoms with Crippen molar-refractivity contribution in [3.63, 3.8) is 0 Å². The molecule has 150 valence electrons. The van der Waals surface area contributed by atoms with Crippen LogP contribution in [0.1, 0.15) is 16.1 Å². The van der Waals surface area contributed by atoms with E-state index in [0.29, 0.717) is 33.0 Å². The van der Waals surface area contributed by atoms with Crippen LogP contribution in [0.25, 0.3) is 22.0 Å². The molecule has 0 fully saturated rings. The fourth-order valence-corrected chi connectivity index (χ4v) is 3.58. The summed E-state index contributed by atoms with van der Waals surface area (Å²) in [5, 5.41) is 20.1. The van der Waals surface area contributed by atoms with E-state index in [4.69, 9.17) is 16.3 Å². The Balaban J connectivity index is 2.00. The van der Waals surface area contributed by atoms with Gasteiger partial charge in [0.1, 0.15) is 11.5 Å². The summed E-state index contributed by atoms with van der Waals surface area (Å²) in [7, 11) is 0. The predicted molar refractivity (Wildman–Crippen MR) is 114 cm³/mol. The quantitative estimate of drug-likeness (QED) is 0.376. The first kappa shape index (κ1) is 19.5. The molecule has 6 nitrogen and oxygen atoms in total. The minimum absolute atomic E-state index is 0.0761. The molecule has 0 saturated heterocycles. The number of aliphatic carboxylic acids is 1. The highest BCUT2D eigenvalue weighted by Gasteiger charge is 2.25. The second kappa shape index (κ2) is 7.93. The Kier molecular flexibility index (Phi) is 5.16. The maximum atomic E-state index is 12.1. The summed E-state index contributed by atoms with van der Waals surface area (Å²) in [6.07, 6.45) is -0.433. The lowest BCUT2D eigenvalue weighted by Gasteiger charge is -2.14. The molecule has 0 radical (unpaired) electrons. The Bertz CT molecular complexity index is 1250. The van der Waals surface area contributed by atoms with Crippen LogP contribution in [-0.4, -0.2) is 27.1 Å². The van der Waals surface area contributed by atoms with Gasteiger partial charge in [0.15, 0.2) is 0 Å². The van der Waals surface area contributed by atoms with Crippen molar-refractivity contribution in [1.82, 2.24) is 4.98 Å². The highest BCUT2D eigenvalue weighted by Crippen LogP contribution is 2.42. The molecule has 0 aliphatic carbocycles. The van der Waals surface area contributed by atoms with E-state index in [2.05, 4.69) is 4.98 Å². The topological polar surface area (TPSA) is 99.6 Å². The van der Waals surface area contributed by atoms with Crippen molar-refractivity contribution in [3.05, 3.63) is 83.0 Å². The third-order valence-electron chi connectivity index (χ3n) is 4.65. The van der Waals surface area contributed by atoms with Crippen LogP contribution in [-0.2, 0) is 11.2 Å². The van der Waals surface area contributed by atoms with E-state index < -0.39 is 18.4 Å². The molecule has 4 aromatic rings. The molecule has 1 heterocycles. The molecule has 0 bridgehead atoms. The van der Waals surface area contributed by atoms with E-state index in [0.717, 1.165) is 5.56 Å². The van der Waals surface area contributed by atoms with E-state index in [1.807, 2.05) is 30.3 Å². The Morgan fingerprint density at radius 1 is 0.933 bits per heavy atom. The first-order valence-corrected chi connectivity index (χ1v) is 9.43. The van der Waals surface area contributed by atoms with E-state index >= 15 is 0 Å². The van der Waals surface area contributed by atoms with Gasteiger partial charge in [-0.05, 0) is 42.0 Å². The van der Waals surface area contributed by atoms with Crippen LogP contribution in [0.15, 0.2) is 66.7 Å². The molecule has 3 aromatic carbocycles. The van der Waals surface area contributed by atoms with Crippen molar-refractivity contribution < 1.29 is 24.5 Å². The third kappa shape index (κ3) is 3.73. The SMILES string of the molecule is O=C(O)Cc1[nH]c2ccc(Oc3ccc(Cl)cc3)c(-c3ccccc3)c2c1C(=O)O. The number of ether oxygens (including phenoxy) is 1. The number of benzene rings is 3. The number of carboxylic acids is 2. The molecule has 0 aliphatic rings. The van der Waals surface area contributed by atoms with Gasteiger partial charge >= 0.3 is 11.9 Å². The molecule has 1 aromatic heterocycles. The fourth-order valence-electron chi connectivity index (χ4n) is 3.45. The Morgan fingerprint density at radius 2 is 1.63 bits per heavy atom. The van der Waals surface area contributed by atoms with Gasteiger partial charge in [0.25, 0.3) is 0 Å². The van der Waals surface area contributed by atoms with Gasteiger partial charge in [-0.3, -0.25) is 4.79 Å². The number of carbonyl (C=O) groups is 2. The average molecular weight is 422 g/mol. The van der Waals surface area contributed by atoms with Crippen LogP contribution in [0.4, 0.5) is 0 Å². The van der Waals surface area contributed by atoms with E-state index in [1.54, 1.807) is 36.4 Å². The maximum Gasteiger partial charge on any atom is 0.338 e. The minimum atomic E-state index is -1.21. The Morgan fingerprint density at radius 3 is 2.27 bits per heavy atom. The van der Waals surface area contributed by atoms with Crippen molar-refractivity contribution in [1.29, 1.82) is 0 Å². The number of aromatic amines is 1.